The zero-order chi connectivity index (χ0) is 16.8. The number of hydrogen-bond acceptors (Lipinski definition) is 5. The van der Waals surface area contributed by atoms with E-state index in [0.29, 0.717) is 13.1 Å². The highest BCUT2D eigenvalue weighted by Crippen LogP contribution is 2.26. The molecule has 2 aliphatic rings. The van der Waals surface area contributed by atoms with Crippen LogP contribution in [0, 0.1) is 6.92 Å². The molecule has 3 rings (SSSR count). The van der Waals surface area contributed by atoms with Crippen molar-refractivity contribution in [2.45, 2.75) is 76.9 Å². The van der Waals surface area contributed by atoms with Crippen molar-refractivity contribution in [3.8, 4) is 0 Å². The fourth-order valence-corrected chi connectivity index (χ4v) is 3.93. The highest BCUT2D eigenvalue weighted by molar-refractivity contribution is 5.32. The van der Waals surface area contributed by atoms with Crippen molar-refractivity contribution < 1.29 is 5.11 Å². The number of aromatic nitrogens is 2. The second kappa shape index (κ2) is 8.26. The normalized spacial score (nSPS) is 21.5. The minimum Gasteiger partial charge on any atom is -0.389 e. The topological polar surface area (TPSA) is 61.3 Å². The van der Waals surface area contributed by atoms with Crippen LogP contribution in [0.4, 0.5) is 5.95 Å². The number of nitrogens with one attached hydrogen (secondary N) is 1. The van der Waals surface area contributed by atoms with Crippen molar-refractivity contribution >= 4 is 5.95 Å². The number of aliphatic hydroxyl groups is 1. The van der Waals surface area contributed by atoms with Gasteiger partial charge in [0.25, 0.3) is 0 Å². The Morgan fingerprint density at radius 3 is 2.42 bits per heavy atom. The van der Waals surface area contributed by atoms with Crippen LogP contribution in [0.15, 0.2) is 6.07 Å². The van der Waals surface area contributed by atoms with E-state index < -0.39 is 5.60 Å². The Labute approximate surface area is 145 Å². The van der Waals surface area contributed by atoms with E-state index in [1.807, 2.05) is 6.92 Å². The van der Waals surface area contributed by atoms with E-state index in [1.165, 1.54) is 32.1 Å². The van der Waals surface area contributed by atoms with Gasteiger partial charge in [-0.3, -0.25) is 0 Å². The van der Waals surface area contributed by atoms with Gasteiger partial charge in [-0.05, 0) is 45.1 Å². The fraction of sp³-hybridized carbons (Fsp3) is 0.789. The molecule has 1 aliphatic heterocycles. The summed E-state index contributed by atoms with van der Waals surface area (Å²) in [7, 11) is 0. The first kappa shape index (κ1) is 17.6. The summed E-state index contributed by atoms with van der Waals surface area (Å²) < 4.78 is 0. The third-order valence-electron chi connectivity index (χ3n) is 5.33. The predicted octanol–water partition coefficient (Wildman–Crippen LogP) is 2.95. The fourth-order valence-electron chi connectivity index (χ4n) is 3.93. The van der Waals surface area contributed by atoms with Gasteiger partial charge in [-0.2, -0.15) is 0 Å². The van der Waals surface area contributed by atoms with Crippen LogP contribution in [-0.4, -0.2) is 40.3 Å². The maximum Gasteiger partial charge on any atom is 0.225 e. The Kier molecular flexibility index (Phi) is 6.06. The van der Waals surface area contributed by atoms with Crippen LogP contribution in [0.3, 0.4) is 0 Å². The molecule has 1 aromatic heterocycles. The van der Waals surface area contributed by atoms with Gasteiger partial charge in [-0.25, -0.2) is 9.97 Å². The van der Waals surface area contributed by atoms with Crippen LogP contribution in [0.5, 0.6) is 0 Å². The van der Waals surface area contributed by atoms with E-state index in [2.05, 4.69) is 21.3 Å². The van der Waals surface area contributed by atoms with Gasteiger partial charge in [0.05, 0.1) is 11.3 Å². The molecule has 0 unspecified atom stereocenters. The van der Waals surface area contributed by atoms with Crippen molar-refractivity contribution in [3.05, 3.63) is 17.5 Å². The zero-order valence-electron chi connectivity index (χ0n) is 15.1. The number of nitrogens with zero attached hydrogens (tertiary/aromatic N) is 3. The number of anilines is 1. The van der Waals surface area contributed by atoms with E-state index >= 15 is 0 Å². The van der Waals surface area contributed by atoms with E-state index in [0.717, 1.165) is 56.1 Å². The molecule has 0 spiro atoms. The molecule has 2 fully saturated rings. The van der Waals surface area contributed by atoms with Gasteiger partial charge in [0.15, 0.2) is 0 Å². The average molecular weight is 332 g/mol. The summed E-state index contributed by atoms with van der Waals surface area (Å²) in [5.74, 6) is 0.875. The Morgan fingerprint density at radius 2 is 1.71 bits per heavy atom. The molecule has 0 radical (unpaired) electrons. The Bertz CT molecular complexity index is 520. The van der Waals surface area contributed by atoms with Crippen molar-refractivity contribution in [2.75, 3.05) is 24.5 Å². The second-order valence-corrected chi connectivity index (χ2v) is 7.59. The summed E-state index contributed by atoms with van der Waals surface area (Å²) >= 11 is 0. The largest absolute Gasteiger partial charge is 0.389 e. The van der Waals surface area contributed by atoms with Crippen molar-refractivity contribution in [1.29, 1.82) is 0 Å². The lowest BCUT2D eigenvalue weighted by Gasteiger charge is -2.28. The first-order chi connectivity index (χ1) is 11.6. The lowest BCUT2D eigenvalue weighted by Crippen LogP contribution is -2.40. The molecule has 2 N–H and O–H groups in total. The summed E-state index contributed by atoms with van der Waals surface area (Å²) in [6.45, 7) is 5.53. The van der Waals surface area contributed by atoms with Crippen LogP contribution < -0.4 is 10.2 Å². The predicted molar refractivity (Wildman–Crippen MR) is 97.2 cm³/mol. The third-order valence-corrected chi connectivity index (χ3v) is 5.33. The maximum atomic E-state index is 10.7. The monoisotopic (exact) mass is 332 g/mol. The van der Waals surface area contributed by atoms with Gasteiger partial charge < -0.3 is 15.3 Å². The standard InChI is InChI=1S/C19H32N4O/c1-16-13-17(22-18(21-16)23-11-7-4-8-12-23)14-20-15-19(24)9-5-2-3-6-10-19/h13,20,24H,2-12,14-15H2,1H3. The summed E-state index contributed by atoms with van der Waals surface area (Å²) in [5.41, 5.74) is 1.52. The second-order valence-electron chi connectivity index (χ2n) is 7.59. The molecule has 0 amide bonds. The highest BCUT2D eigenvalue weighted by atomic mass is 16.3. The smallest absolute Gasteiger partial charge is 0.225 e. The third kappa shape index (κ3) is 4.90. The molecular formula is C19H32N4O. The molecule has 0 atom stereocenters. The molecule has 5 nitrogen and oxygen atoms in total. The van der Waals surface area contributed by atoms with Gasteiger partial charge in [-0.1, -0.05) is 25.7 Å². The van der Waals surface area contributed by atoms with Crippen molar-refractivity contribution in [3.63, 3.8) is 0 Å². The SMILES string of the molecule is Cc1cc(CNCC2(O)CCCCCC2)nc(N2CCCCC2)n1. The molecule has 1 aromatic rings. The number of piperidine rings is 1. The van der Waals surface area contributed by atoms with Crippen LogP contribution in [0.2, 0.25) is 0 Å². The average Bonchev–Trinajstić information content (AvgIpc) is 2.80. The molecular weight excluding hydrogens is 300 g/mol. The highest BCUT2D eigenvalue weighted by Gasteiger charge is 2.27. The summed E-state index contributed by atoms with van der Waals surface area (Å²) in [4.78, 5) is 11.7. The molecule has 0 bridgehead atoms. The minimum absolute atomic E-state index is 0.533. The number of rotatable bonds is 5. The van der Waals surface area contributed by atoms with Gasteiger partial charge in [0.1, 0.15) is 0 Å². The molecule has 134 valence electrons. The van der Waals surface area contributed by atoms with Gasteiger partial charge in [-0.15, -0.1) is 0 Å². The maximum absolute atomic E-state index is 10.7. The van der Waals surface area contributed by atoms with Gasteiger partial charge >= 0.3 is 0 Å². The van der Waals surface area contributed by atoms with Crippen molar-refractivity contribution in [2.24, 2.45) is 0 Å². The number of hydrogen-bond donors (Lipinski definition) is 2. The van der Waals surface area contributed by atoms with Crippen LogP contribution in [-0.2, 0) is 6.54 Å². The van der Waals surface area contributed by atoms with Crippen LogP contribution in [0.1, 0.15) is 69.2 Å². The van der Waals surface area contributed by atoms with Crippen LogP contribution in [0.25, 0.3) is 0 Å². The van der Waals surface area contributed by atoms with E-state index in [-0.39, 0.29) is 0 Å². The molecule has 1 saturated carbocycles. The number of aryl methyl sites for hydroxylation is 1. The quantitative estimate of drug-likeness (QED) is 0.812. The Morgan fingerprint density at radius 1 is 1.04 bits per heavy atom. The first-order valence-corrected chi connectivity index (χ1v) is 9.67. The van der Waals surface area contributed by atoms with E-state index in [4.69, 9.17) is 4.98 Å². The van der Waals surface area contributed by atoms with E-state index in [9.17, 15) is 5.11 Å². The molecule has 5 heteroatoms. The molecule has 1 aliphatic carbocycles. The Hall–Kier alpha value is -1.20. The Balaban J connectivity index is 1.57. The lowest BCUT2D eigenvalue weighted by atomic mass is 9.94. The lowest BCUT2D eigenvalue weighted by molar-refractivity contribution is 0.0250. The summed E-state index contributed by atoms with van der Waals surface area (Å²) in [6, 6.07) is 2.05. The van der Waals surface area contributed by atoms with Crippen molar-refractivity contribution in [1.82, 2.24) is 15.3 Å². The summed E-state index contributed by atoms with van der Waals surface area (Å²) in [5, 5.41) is 14.2. The van der Waals surface area contributed by atoms with Crippen LogP contribution >= 0.6 is 0 Å². The zero-order valence-corrected chi connectivity index (χ0v) is 15.1. The van der Waals surface area contributed by atoms with E-state index in [1.54, 1.807) is 0 Å². The minimum atomic E-state index is -0.533. The molecule has 0 aromatic carbocycles. The molecule has 2 heterocycles. The molecule has 24 heavy (non-hydrogen) atoms. The van der Waals surface area contributed by atoms with Gasteiger partial charge in [0.2, 0.25) is 5.95 Å². The molecule has 1 saturated heterocycles. The van der Waals surface area contributed by atoms with Gasteiger partial charge in [0, 0.05) is 31.9 Å². The summed E-state index contributed by atoms with van der Waals surface area (Å²) in [6.07, 6.45) is 10.4. The first-order valence-electron chi connectivity index (χ1n) is 9.67.